The van der Waals surface area contributed by atoms with E-state index in [0.29, 0.717) is 13.0 Å². The van der Waals surface area contributed by atoms with Gasteiger partial charge in [-0.3, -0.25) is 4.79 Å². The molecule has 1 aromatic rings. The SMILES string of the molecule is CSCCC(N)C(=O)O.Cc1cccc(C)c1OCC(C)N. The zero-order valence-corrected chi connectivity index (χ0v) is 14.7. The number of carboxylic acid groups (broad SMARTS) is 1. The fraction of sp³-hybridized carbons (Fsp3) is 0.562. The molecule has 5 N–H and O–H groups in total. The molecule has 0 aliphatic rings. The molecule has 0 saturated carbocycles. The van der Waals surface area contributed by atoms with Crippen molar-refractivity contribution in [3.05, 3.63) is 29.3 Å². The first kappa shape index (κ1) is 20.8. The van der Waals surface area contributed by atoms with Crippen LogP contribution in [0.2, 0.25) is 0 Å². The van der Waals surface area contributed by atoms with E-state index in [2.05, 4.69) is 0 Å². The fourth-order valence-corrected chi connectivity index (χ4v) is 2.10. The molecule has 2 atom stereocenters. The molecule has 0 saturated heterocycles. The van der Waals surface area contributed by atoms with Crippen LogP contribution in [-0.4, -0.2) is 41.8 Å². The van der Waals surface area contributed by atoms with E-state index in [9.17, 15) is 4.79 Å². The maximum Gasteiger partial charge on any atom is 0.320 e. The lowest BCUT2D eigenvalue weighted by Crippen LogP contribution is -2.30. The minimum absolute atomic E-state index is 0.0824. The van der Waals surface area contributed by atoms with Crippen LogP contribution in [0.3, 0.4) is 0 Å². The third-order valence-corrected chi connectivity index (χ3v) is 3.49. The monoisotopic (exact) mass is 328 g/mol. The molecule has 2 unspecified atom stereocenters. The van der Waals surface area contributed by atoms with Crippen LogP contribution >= 0.6 is 11.8 Å². The molecule has 0 amide bonds. The van der Waals surface area contributed by atoms with Crippen LogP contribution in [0.25, 0.3) is 0 Å². The maximum absolute atomic E-state index is 10.1. The summed E-state index contributed by atoms with van der Waals surface area (Å²) in [5.41, 5.74) is 13.1. The maximum atomic E-state index is 10.1. The number of aliphatic carboxylic acids is 1. The minimum Gasteiger partial charge on any atom is -0.491 e. The Hall–Kier alpha value is -1.24. The van der Waals surface area contributed by atoms with Gasteiger partial charge >= 0.3 is 5.97 Å². The largest absolute Gasteiger partial charge is 0.491 e. The smallest absolute Gasteiger partial charge is 0.320 e. The number of ether oxygens (including phenoxy) is 1. The average molecular weight is 328 g/mol. The molecule has 0 fully saturated rings. The third-order valence-electron chi connectivity index (χ3n) is 2.85. The Kier molecular flexibility index (Phi) is 10.7. The van der Waals surface area contributed by atoms with E-state index in [0.717, 1.165) is 11.5 Å². The molecule has 0 heterocycles. The molecule has 126 valence electrons. The van der Waals surface area contributed by atoms with Crippen LogP contribution in [-0.2, 0) is 4.79 Å². The van der Waals surface area contributed by atoms with Crippen LogP contribution in [0.4, 0.5) is 0 Å². The van der Waals surface area contributed by atoms with Crippen LogP contribution < -0.4 is 16.2 Å². The van der Waals surface area contributed by atoms with Crippen molar-refractivity contribution in [2.24, 2.45) is 11.5 Å². The van der Waals surface area contributed by atoms with Gasteiger partial charge in [-0.25, -0.2) is 0 Å². The second-order valence-corrected chi connectivity index (χ2v) is 6.22. The minimum atomic E-state index is -0.913. The molecule has 5 nitrogen and oxygen atoms in total. The zero-order chi connectivity index (χ0) is 17.1. The molecular formula is C16H28N2O3S. The molecule has 0 bridgehead atoms. The predicted molar refractivity (Wildman–Crippen MR) is 93.7 cm³/mol. The van der Waals surface area contributed by atoms with Crippen LogP contribution in [0.5, 0.6) is 5.75 Å². The zero-order valence-electron chi connectivity index (χ0n) is 13.8. The number of rotatable bonds is 7. The first-order chi connectivity index (χ1) is 10.3. The Morgan fingerprint density at radius 2 is 1.86 bits per heavy atom. The van der Waals surface area contributed by atoms with Crippen molar-refractivity contribution in [3.8, 4) is 5.75 Å². The summed E-state index contributed by atoms with van der Waals surface area (Å²) in [6.45, 7) is 6.60. The van der Waals surface area contributed by atoms with Gasteiger partial charge in [-0.15, -0.1) is 0 Å². The topological polar surface area (TPSA) is 98.6 Å². The summed E-state index contributed by atoms with van der Waals surface area (Å²) in [6, 6.07) is 5.52. The van der Waals surface area contributed by atoms with E-state index in [1.54, 1.807) is 11.8 Å². The number of hydrogen-bond acceptors (Lipinski definition) is 5. The van der Waals surface area contributed by atoms with Crippen LogP contribution in [0.15, 0.2) is 18.2 Å². The standard InChI is InChI=1S/C11H17NO.C5H11NO2S/c1-8-5-4-6-9(2)11(8)13-7-10(3)12;1-9-3-2-4(6)5(7)8/h4-6,10H,7,12H2,1-3H3;4H,2-3,6H2,1H3,(H,7,8). The van der Waals surface area contributed by atoms with Gasteiger partial charge in [0.15, 0.2) is 0 Å². The lowest BCUT2D eigenvalue weighted by atomic mass is 10.1. The summed E-state index contributed by atoms with van der Waals surface area (Å²) in [5.74, 6) is 0.872. The third kappa shape index (κ3) is 8.92. The van der Waals surface area contributed by atoms with E-state index in [1.807, 2.05) is 45.2 Å². The summed E-state index contributed by atoms with van der Waals surface area (Å²) in [5, 5.41) is 8.27. The molecule has 6 heteroatoms. The summed E-state index contributed by atoms with van der Waals surface area (Å²) in [6.07, 6.45) is 2.48. The quantitative estimate of drug-likeness (QED) is 0.709. The highest BCUT2D eigenvalue weighted by Crippen LogP contribution is 2.22. The summed E-state index contributed by atoms with van der Waals surface area (Å²) in [7, 11) is 0. The number of benzene rings is 1. The van der Waals surface area contributed by atoms with E-state index >= 15 is 0 Å². The number of carboxylic acids is 1. The van der Waals surface area contributed by atoms with E-state index < -0.39 is 12.0 Å². The average Bonchev–Trinajstić information content (AvgIpc) is 2.44. The highest BCUT2D eigenvalue weighted by Gasteiger charge is 2.09. The number of carbonyl (C=O) groups is 1. The van der Waals surface area contributed by atoms with Gasteiger partial charge in [-0.05, 0) is 50.3 Å². The Morgan fingerprint density at radius 1 is 1.32 bits per heavy atom. The van der Waals surface area contributed by atoms with Crippen molar-refractivity contribution in [3.63, 3.8) is 0 Å². The van der Waals surface area contributed by atoms with Crippen molar-refractivity contribution in [1.82, 2.24) is 0 Å². The molecule has 0 aliphatic carbocycles. The molecule has 22 heavy (non-hydrogen) atoms. The van der Waals surface area contributed by atoms with Gasteiger partial charge in [-0.1, -0.05) is 18.2 Å². The highest BCUT2D eigenvalue weighted by atomic mass is 32.2. The summed E-state index contributed by atoms with van der Waals surface area (Å²) in [4.78, 5) is 10.1. The van der Waals surface area contributed by atoms with Crippen LogP contribution in [0.1, 0.15) is 24.5 Å². The molecule has 0 aliphatic heterocycles. The molecule has 0 spiro atoms. The van der Waals surface area contributed by atoms with Crippen molar-refractivity contribution in [2.75, 3.05) is 18.6 Å². The number of aryl methyl sites for hydroxylation is 2. The Morgan fingerprint density at radius 3 is 2.27 bits per heavy atom. The predicted octanol–water partition coefficient (Wildman–Crippen LogP) is 2.18. The Bertz CT molecular complexity index is 433. The van der Waals surface area contributed by atoms with Crippen molar-refractivity contribution in [1.29, 1.82) is 0 Å². The highest BCUT2D eigenvalue weighted by molar-refractivity contribution is 7.98. The first-order valence-electron chi connectivity index (χ1n) is 7.21. The second-order valence-electron chi connectivity index (χ2n) is 5.24. The molecular weight excluding hydrogens is 300 g/mol. The number of nitrogens with two attached hydrogens (primary N) is 2. The van der Waals surface area contributed by atoms with Gasteiger partial charge < -0.3 is 21.3 Å². The lowest BCUT2D eigenvalue weighted by molar-refractivity contribution is -0.138. The fourth-order valence-electron chi connectivity index (χ4n) is 1.61. The molecule has 1 rings (SSSR count). The number of thioether (sulfide) groups is 1. The van der Waals surface area contributed by atoms with Crippen molar-refractivity contribution in [2.45, 2.75) is 39.3 Å². The van der Waals surface area contributed by atoms with Crippen molar-refractivity contribution < 1.29 is 14.6 Å². The second kappa shape index (κ2) is 11.3. The molecule has 0 radical (unpaired) electrons. The van der Waals surface area contributed by atoms with Gasteiger partial charge in [0.2, 0.25) is 0 Å². The van der Waals surface area contributed by atoms with E-state index in [-0.39, 0.29) is 6.04 Å². The summed E-state index contributed by atoms with van der Waals surface area (Å²) < 4.78 is 5.60. The Balaban J connectivity index is 0.000000433. The summed E-state index contributed by atoms with van der Waals surface area (Å²) >= 11 is 1.60. The van der Waals surface area contributed by atoms with Crippen LogP contribution in [0, 0.1) is 13.8 Å². The normalized spacial score (nSPS) is 12.8. The van der Waals surface area contributed by atoms with Gasteiger partial charge in [0.05, 0.1) is 0 Å². The van der Waals surface area contributed by atoms with Gasteiger partial charge in [0.25, 0.3) is 0 Å². The van der Waals surface area contributed by atoms with E-state index in [4.69, 9.17) is 21.3 Å². The molecule has 0 aromatic heterocycles. The van der Waals surface area contributed by atoms with Gasteiger partial charge in [-0.2, -0.15) is 11.8 Å². The van der Waals surface area contributed by atoms with E-state index in [1.165, 1.54) is 11.1 Å². The lowest BCUT2D eigenvalue weighted by Gasteiger charge is -2.13. The number of hydrogen-bond donors (Lipinski definition) is 3. The van der Waals surface area contributed by atoms with Gasteiger partial charge in [0, 0.05) is 6.04 Å². The Labute approximate surface area is 137 Å². The number of para-hydroxylation sites is 1. The van der Waals surface area contributed by atoms with Gasteiger partial charge in [0.1, 0.15) is 18.4 Å². The van der Waals surface area contributed by atoms with Crippen molar-refractivity contribution >= 4 is 17.7 Å². The molecule has 1 aromatic carbocycles. The first-order valence-corrected chi connectivity index (χ1v) is 8.60.